The number of alkyl halides is 5. The summed E-state index contributed by atoms with van der Waals surface area (Å²) in [5.41, 5.74) is 13.0. The number of hydrogen-bond donors (Lipinski definition) is 2. The largest absolute Gasteiger partial charge is 0.493 e. The Hall–Kier alpha value is -4.35. The molecule has 0 saturated heterocycles. The summed E-state index contributed by atoms with van der Waals surface area (Å²) in [6.45, 7) is -0.194. The third-order valence-corrected chi connectivity index (χ3v) is 5.67. The lowest BCUT2D eigenvalue weighted by atomic mass is 10.1. The van der Waals surface area contributed by atoms with Crippen molar-refractivity contribution in [2.75, 3.05) is 24.7 Å². The van der Waals surface area contributed by atoms with Gasteiger partial charge in [0.25, 0.3) is 0 Å². The van der Waals surface area contributed by atoms with Gasteiger partial charge >= 0.3 is 18.3 Å². The van der Waals surface area contributed by atoms with Crippen LogP contribution in [0.2, 0.25) is 0 Å². The van der Waals surface area contributed by atoms with Crippen LogP contribution in [0, 0.1) is 5.82 Å². The molecule has 4 N–H and O–H groups in total. The van der Waals surface area contributed by atoms with Crippen molar-refractivity contribution in [2.45, 2.75) is 38.0 Å². The normalized spacial score (nSPS) is 12.0. The van der Waals surface area contributed by atoms with E-state index in [1.54, 1.807) is 12.1 Å². The van der Waals surface area contributed by atoms with Crippen molar-refractivity contribution in [1.82, 2.24) is 0 Å². The van der Waals surface area contributed by atoms with E-state index in [0.717, 1.165) is 17.7 Å². The van der Waals surface area contributed by atoms with Crippen molar-refractivity contribution in [3.05, 3.63) is 89.2 Å². The molecule has 12 heteroatoms. The van der Waals surface area contributed by atoms with E-state index in [1.165, 1.54) is 36.4 Å². The molecule has 0 amide bonds. The molecule has 0 radical (unpaired) electrons. The van der Waals surface area contributed by atoms with Gasteiger partial charge in [-0.3, -0.25) is 0 Å². The molecule has 0 fully saturated rings. The molecule has 0 spiro atoms. The fraction of sp³-hybridized carbons (Fsp3) is 0.276. The number of benzene rings is 3. The standard InChI is InChI=1S/C29H28F6N2O4/c30-25-18-23(39-16-2-14-28(31,32)33)11-12-24(25)29(34,35)41-22-9-4-19(5-10-22)6-13-27(38)40-15-1-3-20-7-8-21(36)17-26(20)37/h4-13,17-18H,1-3,14-16,36-37H2/b13-6+. The average molecular weight is 583 g/mol. The van der Waals surface area contributed by atoms with Crippen LogP contribution < -0.4 is 20.9 Å². The monoisotopic (exact) mass is 582 g/mol. The van der Waals surface area contributed by atoms with Gasteiger partial charge in [0.15, 0.2) is 0 Å². The quantitative estimate of drug-likeness (QED) is 0.0739. The van der Waals surface area contributed by atoms with Gasteiger partial charge in [-0.1, -0.05) is 18.2 Å². The predicted octanol–water partition coefficient (Wildman–Crippen LogP) is 7.03. The van der Waals surface area contributed by atoms with Gasteiger partial charge < -0.3 is 25.7 Å². The molecule has 6 nitrogen and oxygen atoms in total. The first kappa shape index (κ1) is 31.2. The molecule has 3 aromatic rings. The Morgan fingerprint density at radius 1 is 0.854 bits per heavy atom. The van der Waals surface area contributed by atoms with Gasteiger partial charge in [0.05, 0.1) is 13.2 Å². The second-order valence-electron chi connectivity index (χ2n) is 8.96. The zero-order chi connectivity index (χ0) is 30.0. The summed E-state index contributed by atoms with van der Waals surface area (Å²) in [5.74, 6) is -2.40. The summed E-state index contributed by atoms with van der Waals surface area (Å²) in [5, 5.41) is 0. The summed E-state index contributed by atoms with van der Waals surface area (Å²) in [7, 11) is 0. The van der Waals surface area contributed by atoms with Crippen LogP contribution in [0.4, 0.5) is 37.7 Å². The maximum atomic E-state index is 14.6. The fourth-order valence-corrected chi connectivity index (χ4v) is 3.62. The lowest BCUT2D eigenvalue weighted by Crippen LogP contribution is -2.23. The van der Waals surface area contributed by atoms with Gasteiger partial charge in [-0.2, -0.15) is 22.0 Å². The molecule has 0 heterocycles. The van der Waals surface area contributed by atoms with Crippen LogP contribution in [-0.2, 0) is 22.1 Å². The van der Waals surface area contributed by atoms with Crippen molar-refractivity contribution < 1.29 is 45.3 Å². The number of esters is 1. The minimum Gasteiger partial charge on any atom is -0.493 e. The number of nitrogens with two attached hydrogens (primary N) is 2. The van der Waals surface area contributed by atoms with E-state index in [0.29, 0.717) is 35.8 Å². The van der Waals surface area contributed by atoms with E-state index < -0.39 is 36.1 Å². The second-order valence-corrected chi connectivity index (χ2v) is 8.96. The number of carbonyl (C=O) groups excluding carboxylic acids is 1. The topological polar surface area (TPSA) is 96.8 Å². The summed E-state index contributed by atoms with van der Waals surface area (Å²) in [6.07, 6.45) is -6.10. The molecule has 220 valence electrons. The van der Waals surface area contributed by atoms with Crippen molar-refractivity contribution in [3.63, 3.8) is 0 Å². The third kappa shape index (κ3) is 10.3. The Morgan fingerprint density at radius 2 is 1.56 bits per heavy atom. The van der Waals surface area contributed by atoms with Gasteiger partial charge in [0.2, 0.25) is 0 Å². The molecule has 3 rings (SSSR count). The minimum atomic E-state index is -4.35. The number of ether oxygens (including phenoxy) is 3. The number of carbonyl (C=O) groups is 1. The molecule has 0 aliphatic rings. The highest BCUT2D eigenvalue weighted by Crippen LogP contribution is 2.35. The van der Waals surface area contributed by atoms with Crippen LogP contribution >= 0.6 is 0 Å². The Labute approximate surface area is 232 Å². The SMILES string of the molecule is Nc1ccc(CCCOC(=O)/C=C/c2ccc(OC(F)(F)c3ccc(OCCCC(F)(F)F)cc3F)cc2)c(N)c1. The van der Waals surface area contributed by atoms with Gasteiger partial charge in [0, 0.05) is 29.9 Å². The van der Waals surface area contributed by atoms with Crippen LogP contribution in [0.15, 0.2) is 66.7 Å². The molecule has 0 saturated carbocycles. The summed E-state index contributed by atoms with van der Waals surface area (Å²) in [4.78, 5) is 12.0. The number of aryl methyl sites for hydroxylation is 1. The van der Waals surface area contributed by atoms with Crippen LogP contribution in [0.25, 0.3) is 6.08 Å². The van der Waals surface area contributed by atoms with Crippen molar-refractivity contribution in [3.8, 4) is 11.5 Å². The summed E-state index contributed by atoms with van der Waals surface area (Å²) < 4.78 is 94.9. The molecule has 3 aromatic carbocycles. The van der Waals surface area contributed by atoms with Crippen LogP contribution in [0.3, 0.4) is 0 Å². The fourth-order valence-electron chi connectivity index (χ4n) is 3.62. The lowest BCUT2D eigenvalue weighted by Gasteiger charge is -2.19. The highest BCUT2D eigenvalue weighted by molar-refractivity contribution is 5.87. The molecular formula is C29H28F6N2O4. The molecule has 0 atom stereocenters. The highest BCUT2D eigenvalue weighted by Gasteiger charge is 2.38. The van der Waals surface area contributed by atoms with E-state index in [1.807, 2.05) is 6.07 Å². The highest BCUT2D eigenvalue weighted by atomic mass is 19.4. The smallest absolute Gasteiger partial charge is 0.429 e. The first-order valence-electron chi connectivity index (χ1n) is 12.5. The second kappa shape index (κ2) is 13.8. The van der Waals surface area contributed by atoms with E-state index in [-0.39, 0.29) is 31.1 Å². The van der Waals surface area contributed by atoms with Crippen molar-refractivity contribution in [2.24, 2.45) is 0 Å². The number of rotatable bonds is 13. The minimum absolute atomic E-state index is 0.163. The number of hydrogen-bond acceptors (Lipinski definition) is 6. The van der Waals surface area contributed by atoms with Gasteiger partial charge in [0.1, 0.15) is 22.9 Å². The summed E-state index contributed by atoms with van der Waals surface area (Å²) in [6, 6.07) is 12.9. The zero-order valence-electron chi connectivity index (χ0n) is 21.7. The van der Waals surface area contributed by atoms with Crippen molar-refractivity contribution >= 4 is 23.4 Å². The van der Waals surface area contributed by atoms with E-state index >= 15 is 0 Å². The predicted molar refractivity (Wildman–Crippen MR) is 142 cm³/mol. The molecule has 0 bridgehead atoms. The molecular weight excluding hydrogens is 554 g/mol. The summed E-state index contributed by atoms with van der Waals surface area (Å²) >= 11 is 0. The molecule has 0 unspecified atom stereocenters. The Balaban J connectivity index is 1.47. The molecule has 0 aliphatic heterocycles. The Bertz CT molecular complexity index is 1340. The third-order valence-electron chi connectivity index (χ3n) is 5.67. The van der Waals surface area contributed by atoms with Crippen LogP contribution in [-0.4, -0.2) is 25.4 Å². The van der Waals surface area contributed by atoms with Crippen molar-refractivity contribution in [1.29, 1.82) is 0 Å². The van der Waals surface area contributed by atoms with E-state index in [4.69, 9.17) is 20.9 Å². The molecule has 0 aliphatic carbocycles. The maximum absolute atomic E-state index is 14.6. The maximum Gasteiger partial charge on any atom is 0.429 e. The first-order valence-corrected chi connectivity index (χ1v) is 12.5. The first-order chi connectivity index (χ1) is 19.3. The van der Waals surface area contributed by atoms with Gasteiger partial charge in [-0.15, -0.1) is 0 Å². The number of halogens is 6. The number of anilines is 2. The zero-order valence-corrected chi connectivity index (χ0v) is 21.7. The number of nitrogen functional groups attached to an aromatic ring is 2. The Morgan fingerprint density at radius 3 is 2.22 bits per heavy atom. The molecule has 41 heavy (non-hydrogen) atoms. The van der Waals surface area contributed by atoms with Gasteiger partial charge in [-0.05, 0) is 72.9 Å². The lowest BCUT2D eigenvalue weighted by molar-refractivity contribution is -0.187. The average Bonchev–Trinajstić information content (AvgIpc) is 2.89. The van der Waals surface area contributed by atoms with Crippen LogP contribution in [0.5, 0.6) is 11.5 Å². The van der Waals surface area contributed by atoms with Gasteiger partial charge in [-0.25, -0.2) is 9.18 Å². The van der Waals surface area contributed by atoms with E-state index in [2.05, 4.69) is 4.74 Å². The van der Waals surface area contributed by atoms with Crippen LogP contribution in [0.1, 0.15) is 36.0 Å². The Kier molecular flexibility index (Phi) is 10.5. The van der Waals surface area contributed by atoms with E-state index in [9.17, 15) is 31.1 Å². The molecule has 0 aromatic heterocycles.